The van der Waals surface area contributed by atoms with E-state index in [1.54, 1.807) is 7.11 Å². The summed E-state index contributed by atoms with van der Waals surface area (Å²) in [5, 5.41) is 3.44. The van der Waals surface area contributed by atoms with E-state index in [0.717, 1.165) is 28.0 Å². The number of nitrogen functional groups attached to an aromatic ring is 1. The van der Waals surface area contributed by atoms with Gasteiger partial charge in [0, 0.05) is 28.1 Å². The molecule has 0 aliphatic heterocycles. The van der Waals surface area contributed by atoms with Gasteiger partial charge in [0.2, 0.25) is 0 Å². The van der Waals surface area contributed by atoms with Gasteiger partial charge in [-0.25, -0.2) is 0 Å². The second-order valence-corrected chi connectivity index (χ2v) is 4.61. The van der Waals surface area contributed by atoms with Gasteiger partial charge in [-0.1, -0.05) is 6.92 Å². The summed E-state index contributed by atoms with van der Waals surface area (Å²) in [5.74, 6) is 0. The highest BCUT2D eigenvalue weighted by molar-refractivity contribution is 14.1. The molecule has 1 atom stereocenters. The second-order valence-electron chi connectivity index (χ2n) is 3.44. The van der Waals surface area contributed by atoms with Gasteiger partial charge >= 0.3 is 0 Å². The predicted molar refractivity (Wildman–Crippen MR) is 73.1 cm³/mol. The summed E-state index contributed by atoms with van der Waals surface area (Å²) in [6, 6.07) is 6.23. The Balaban J connectivity index is 2.70. The molecule has 1 aromatic rings. The smallest absolute Gasteiger partial charge is 0.0663 e. The van der Waals surface area contributed by atoms with E-state index < -0.39 is 0 Å². The van der Waals surface area contributed by atoms with E-state index in [2.05, 4.69) is 34.8 Å². The second kappa shape index (κ2) is 6.17. The van der Waals surface area contributed by atoms with Gasteiger partial charge in [-0.05, 0) is 47.2 Å². The minimum atomic E-state index is 0.354. The van der Waals surface area contributed by atoms with Crippen molar-refractivity contribution in [2.45, 2.75) is 19.4 Å². The van der Waals surface area contributed by atoms with E-state index in [4.69, 9.17) is 10.5 Å². The third kappa shape index (κ3) is 3.87. The van der Waals surface area contributed by atoms with Crippen LogP contribution in [0.2, 0.25) is 0 Å². The van der Waals surface area contributed by atoms with Crippen LogP contribution >= 0.6 is 22.6 Å². The Morgan fingerprint density at radius 2 is 2.27 bits per heavy atom. The Morgan fingerprint density at radius 3 is 2.80 bits per heavy atom. The van der Waals surface area contributed by atoms with E-state index in [1.807, 2.05) is 18.2 Å². The number of ether oxygens (including phenoxy) is 1. The monoisotopic (exact) mass is 320 g/mol. The molecule has 3 N–H and O–H groups in total. The lowest BCUT2D eigenvalue weighted by atomic mass is 10.2. The van der Waals surface area contributed by atoms with Crippen molar-refractivity contribution in [1.82, 2.24) is 0 Å². The SMILES string of the molecule is CCC(COC)Nc1ccc(N)cc1I. The van der Waals surface area contributed by atoms with Crippen molar-refractivity contribution in [2.24, 2.45) is 0 Å². The van der Waals surface area contributed by atoms with Crippen LogP contribution in [0.15, 0.2) is 18.2 Å². The maximum atomic E-state index is 5.69. The largest absolute Gasteiger partial charge is 0.399 e. The average molecular weight is 320 g/mol. The molecule has 0 fully saturated rings. The Bertz CT molecular complexity index is 317. The number of rotatable bonds is 5. The number of hydrogen-bond donors (Lipinski definition) is 2. The van der Waals surface area contributed by atoms with Crippen molar-refractivity contribution in [2.75, 3.05) is 24.8 Å². The summed E-state index contributed by atoms with van der Waals surface area (Å²) in [6.45, 7) is 2.86. The van der Waals surface area contributed by atoms with Gasteiger partial charge in [-0.15, -0.1) is 0 Å². The van der Waals surface area contributed by atoms with Crippen molar-refractivity contribution in [1.29, 1.82) is 0 Å². The number of methoxy groups -OCH3 is 1. The van der Waals surface area contributed by atoms with Crippen LogP contribution in [0.4, 0.5) is 11.4 Å². The van der Waals surface area contributed by atoms with Crippen LogP contribution in [-0.2, 0) is 4.74 Å². The van der Waals surface area contributed by atoms with Crippen LogP contribution in [0.5, 0.6) is 0 Å². The third-order valence-electron chi connectivity index (χ3n) is 2.21. The predicted octanol–water partition coefficient (Wildman–Crippen LogP) is 2.71. The van der Waals surface area contributed by atoms with Gasteiger partial charge in [0.1, 0.15) is 0 Å². The maximum absolute atomic E-state index is 5.69. The zero-order chi connectivity index (χ0) is 11.3. The molecule has 3 nitrogen and oxygen atoms in total. The van der Waals surface area contributed by atoms with Crippen molar-refractivity contribution in [3.05, 3.63) is 21.8 Å². The summed E-state index contributed by atoms with van der Waals surface area (Å²) in [7, 11) is 1.72. The molecule has 0 saturated carbocycles. The Hall–Kier alpha value is -0.490. The van der Waals surface area contributed by atoms with Gasteiger partial charge in [-0.2, -0.15) is 0 Å². The number of benzene rings is 1. The molecule has 0 aliphatic carbocycles. The molecule has 0 heterocycles. The fourth-order valence-corrected chi connectivity index (χ4v) is 2.03. The van der Waals surface area contributed by atoms with Crippen LogP contribution < -0.4 is 11.1 Å². The van der Waals surface area contributed by atoms with Crippen molar-refractivity contribution < 1.29 is 4.74 Å². The van der Waals surface area contributed by atoms with E-state index in [1.165, 1.54) is 0 Å². The highest BCUT2D eigenvalue weighted by atomic mass is 127. The molecule has 0 aromatic heterocycles. The topological polar surface area (TPSA) is 47.3 Å². The van der Waals surface area contributed by atoms with Gasteiger partial charge < -0.3 is 15.8 Å². The van der Waals surface area contributed by atoms with Gasteiger partial charge in [0.15, 0.2) is 0 Å². The Labute approximate surface area is 105 Å². The molecule has 84 valence electrons. The molecule has 0 saturated heterocycles. The number of halogens is 1. The average Bonchev–Trinajstić information content (AvgIpc) is 2.21. The summed E-state index contributed by atoms with van der Waals surface area (Å²) < 4.78 is 6.28. The normalized spacial score (nSPS) is 12.5. The summed E-state index contributed by atoms with van der Waals surface area (Å²) >= 11 is 2.28. The van der Waals surface area contributed by atoms with Gasteiger partial charge in [0.25, 0.3) is 0 Å². The lowest BCUT2D eigenvalue weighted by Gasteiger charge is -2.18. The zero-order valence-electron chi connectivity index (χ0n) is 9.09. The number of nitrogens with one attached hydrogen (secondary N) is 1. The molecule has 0 bridgehead atoms. The number of anilines is 2. The Morgan fingerprint density at radius 1 is 1.53 bits per heavy atom. The zero-order valence-corrected chi connectivity index (χ0v) is 11.2. The first kappa shape index (κ1) is 12.6. The molecule has 0 radical (unpaired) electrons. The van der Waals surface area contributed by atoms with Gasteiger partial charge in [-0.3, -0.25) is 0 Å². The molecular formula is C11H17IN2O. The number of hydrogen-bond acceptors (Lipinski definition) is 3. The van der Waals surface area contributed by atoms with Crippen LogP contribution in [0.25, 0.3) is 0 Å². The van der Waals surface area contributed by atoms with E-state index in [9.17, 15) is 0 Å². The number of nitrogens with two attached hydrogens (primary N) is 1. The minimum absolute atomic E-state index is 0.354. The van der Waals surface area contributed by atoms with E-state index in [0.29, 0.717) is 6.04 Å². The molecule has 0 spiro atoms. The first-order chi connectivity index (χ1) is 7.17. The van der Waals surface area contributed by atoms with E-state index in [-0.39, 0.29) is 0 Å². The highest BCUT2D eigenvalue weighted by Crippen LogP contribution is 2.21. The molecule has 1 rings (SSSR count). The summed E-state index contributed by atoms with van der Waals surface area (Å²) in [4.78, 5) is 0. The standard InChI is InChI=1S/C11H17IN2O/c1-3-9(7-15-2)14-11-5-4-8(13)6-10(11)12/h4-6,9,14H,3,7,13H2,1-2H3. The molecule has 4 heteroatoms. The molecule has 1 aromatic carbocycles. The van der Waals surface area contributed by atoms with Crippen molar-refractivity contribution in [3.63, 3.8) is 0 Å². The Kier molecular flexibility index (Phi) is 5.17. The molecule has 0 amide bonds. The molecular weight excluding hydrogens is 303 g/mol. The summed E-state index contributed by atoms with van der Waals surface area (Å²) in [6.07, 6.45) is 1.04. The van der Waals surface area contributed by atoms with Crippen LogP contribution in [0.1, 0.15) is 13.3 Å². The van der Waals surface area contributed by atoms with E-state index >= 15 is 0 Å². The van der Waals surface area contributed by atoms with Crippen molar-refractivity contribution >= 4 is 34.0 Å². The van der Waals surface area contributed by atoms with Crippen LogP contribution in [0.3, 0.4) is 0 Å². The lowest BCUT2D eigenvalue weighted by molar-refractivity contribution is 0.184. The summed E-state index contributed by atoms with van der Waals surface area (Å²) in [5.41, 5.74) is 7.61. The lowest BCUT2D eigenvalue weighted by Crippen LogP contribution is -2.24. The molecule has 1 unspecified atom stereocenters. The fraction of sp³-hybridized carbons (Fsp3) is 0.455. The van der Waals surface area contributed by atoms with Crippen LogP contribution in [-0.4, -0.2) is 19.8 Å². The fourth-order valence-electron chi connectivity index (χ4n) is 1.33. The maximum Gasteiger partial charge on any atom is 0.0663 e. The van der Waals surface area contributed by atoms with Crippen LogP contribution in [0, 0.1) is 3.57 Å². The minimum Gasteiger partial charge on any atom is -0.399 e. The van der Waals surface area contributed by atoms with Crippen molar-refractivity contribution in [3.8, 4) is 0 Å². The first-order valence-electron chi connectivity index (χ1n) is 4.97. The highest BCUT2D eigenvalue weighted by Gasteiger charge is 2.07. The first-order valence-corrected chi connectivity index (χ1v) is 6.05. The molecule has 0 aliphatic rings. The quantitative estimate of drug-likeness (QED) is 0.648. The van der Waals surface area contributed by atoms with Gasteiger partial charge in [0.05, 0.1) is 6.61 Å². The third-order valence-corrected chi connectivity index (χ3v) is 3.11. The molecule has 15 heavy (non-hydrogen) atoms.